The highest BCUT2D eigenvalue weighted by Gasteiger charge is 2.84. The highest BCUT2D eigenvalue weighted by atomic mass is 19.4. The van der Waals surface area contributed by atoms with Crippen LogP contribution in [-0.2, 0) is 11.2 Å². The van der Waals surface area contributed by atoms with Gasteiger partial charge in [0.05, 0.1) is 0 Å². The Balaban J connectivity index is 2.53. The first-order valence-electron chi connectivity index (χ1n) is 7.38. The van der Waals surface area contributed by atoms with Crippen molar-refractivity contribution in [3.8, 4) is 0 Å². The van der Waals surface area contributed by atoms with E-state index < -0.39 is 47.4 Å². The first-order chi connectivity index (χ1) is 12.1. The number of hydrogen-bond donors (Lipinski definition) is 0. The molecule has 0 saturated heterocycles. The highest BCUT2D eigenvalue weighted by molar-refractivity contribution is 6.00. The van der Waals surface area contributed by atoms with E-state index in [1.165, 1.54) is 0 Å². The number of fused-ring (bicyclic) bond motifs is 1. The molecule has 0 saturated carbocycles. The predicted molar refractivity (Wildman–Crippen MR) is 72.6 cm³/mol. The Morgan fingerprint density at radius 1 is 1.00 bits per heavy atom. The van der Waals surface area contributed by atoms with Crippen LogP contribution in [0.15, 0.2) is 18.2 Å². The van der Waals surface area contributed by atoms with E-state index in [0.29, 0.717) is 6.07 Å². The van der Waals surface area contributed by atoms with E-state index in [2.05, 4.69) is 0 Å². The van der Waals surface area contributed by atoms with Crippen LogP contribution in [0.2, 0.25) is 0 Å². The maximum absolute atomic E-state index is 14.0. The molecule has 1 atom stereocenters. The van der Waals surface area contributed by atoms with Gasteiger partial charge >= 0.3 is 29.9 Å². The zero-order valence-electron chi connectivity index (χ0n) is 13.4. The molecule has 1 heterocycles. The molecule has 1 aromatic carbocycles. The maximum Gasteiger partial charge on any atom is 0.460 e. The van der Waals surface area contributed by atoms with Crippen molar-refractivity contribution in [2.45, 2.75) is 49.8 Å². The topological polar surface area (TPSA) is 20.3 Å². The van der Waals surface area contributed by atoms with Gasteiger partial charge in [0.15, 0.2) is 0 Å². The van der Waals surface area contributed by atoms with Gasteiger partial charge in [0.1, 0.15) is 5.82 Å². The first-order valence-corrected chi connectivity index (χ1v) is 7.38. The van der Waals surface area contributed by atoms with Gasteiger partial charge in [-0.2, -0.15) is 39.5 Å². The van der Waals surface area contributed by atoms with Gasteiger partial charge in [-0.15, -0.1) is 0 Å². The summed E-state index contributed by atoms with van der Waals surface area (Å²) in [5.74, 6) is -24.4. The van der Waals surface area contributed by atoms with Gasteiger partial charge in [0.25, 0.3) is 0 Å². The third kappa shape index (κ3) is 3.12. The van der Waals surface area contributed by atoms with Crippen molar-refractivity contribution in [2.75, 3.05) is 4.90 Å². The van der Waals surface area contributed by atoms with Crippen molar-refractivity contribution in [2.24, 2.45) is 0 Å². The molecule has 1 aliphatic heterocycles. The Labute approximate surface area is 145 Å². The number of alkyl halides is 9. The van der Waals surface area contributed by atoms with Crippen molar-refractivity contribution in [1.82, 2.24) is 0 Å². The van der Waals surface area contributed by atoms with Crippen LogP contribution in [0.25, 0.3) is 0 Å². The molecule has 0 aliphatic carbocycles. The summed E-state index contributed by atoms with van der Waals surface area (Å²) in [7, 11) is 0. The minimum Gasteiger partial charge on any atom is -0.304 e. The van der Waals surface area contributed by atoms with Gasteiger partial charge in [0.2, 0.25) is 0 Å². The van der Waals surface area contributed by atoms with Gasteiger partial charge in [0, 0.05) is 11.7 Å². The molecule has 1 aliphatic rings. The molecule has 0 aromatic heterocycles. The smallest absolute Gasteiger partial charge is 0.304 e. The number of aryl methyl sites for hydroxylation is 1. The average Bonchev–Trinajstić information content (AvgIpc) is 2.52. The molecular formula is C15H11F10NO. The second-order valence-electron chi connectivity index (χ2n) is 6.06. The molecule has 12 heteroatoms. The fraction of sp³-hybridized carbons (Fsp3) is 0.533. The van der Waals surface area contributed by atoms with Crippen LogP contribution in [0.3, 0.4) is 0 Å². The van der Waals surface area contributed by atoms with E-state index in [0.717, 1.165) is 19.1 Å². The summed E-state index contributed by atoms with van der Waals surface area (Å²) in [4.78, 5) is 12.0. The summed E-state index contributed by atoms with van der Waals surface area (Å²) in [5, 5.41) is 0. The van der Waals surface area contributed by atoms with E-state index in [9.17, 15) is 48.7 Å². The fourth-order valence-corrected chi connectivity index (χ4v) is 2.69. The van der Waals surface area contributed by atoms with Gasteiger partial charge in [-0.1, -0.05) is 0 Å². The number of carbonyl (C=O) groups is 1. The lowest BCUT2D eigenvalue weighted by Gasteiger charge is -2.40. The zero-order valence-corrected chi connectivity index (χ0v) is 13.4. The average molecular weight is 411 g/mol. The minimum absolute atomic E-state index is 0.00135. The number of nitrogens with zero attached hydrogens (tertiary/aromatic N) is 1. The highest BCUT2D eigenvalue weighted by Crippen LogP contribution is 2.54. The third-order valence-electron chi connectivity index (χ3n) is 4.21. The SMILES string of the molecule is C[C@@H]1CCc2cc(F)ccc2N1C(=O)C(F)(F)C(F)(F)C(F)(F)C(F)(F)F. The standard InChI is InChI=1S/C15H11F10NO/c1-7-2-3-8-6-9(16)4-5-10(8)26(7)11(27)12(17,18)13(19,20)14(21,22)15(23,24)25/h4-7H,2-3H2,1H3/t7-/m1/s1. The Kier molecular flexibility index (Phi) is 4.94. The van der Waals surface area contributed by atoms with Gasteiger partial charge in [-0.05, 0) is 43.5 Å². The van der Waals surface area contributed by atoms with Gasteiger partial charge in [-0.3, -0.25) is 4.79 Å². The number of halogens is 10. The number of carbonyl (C=O) groups excluding carboxylic acids is 1. The molecule has 2 nitrogen and oxygen atoms in total. The summed E-state index contributed by atoms with van der Waals surface area (Å²) >= 11 is 0. The van der Waals surface area contributed by atoms with E-state index >= 15 is 0 Å². The normalized spacial score (nSPS) is 19.1. The minimum atomic E-state index is -7.16. The fourth-order valence-electron chi connectivity index (χ4n) is 2.69. The second-order valence-corrected chi connectivity index (χ2v) is 6.06. The number of hydrogen-bond acceptors (Lipinski definition) is 1. The molecule has 152 valence electrons. The Morgan fingerprint density at radius 2 is 1.56 bits per heavy atom. The lowest BCUT2D eigenvalue weighted by molar-refractivity contribution is -0.388. The van der Waals surface area contributed by atoms with Crippen molar-refractivity contribution in [3.05, 3.63) is 29.6 Å². The Hall–Kier alpha value is -2.01. The quantitative estimate of drug-likeness (QED) is 0.644. The molecule has 0 fully saturated rings. The van der Waals surface area contributed by atoms with E-state index in [-0.39, 0.29) is 23.3 Å². The largest absolute Gasteiger partial charge is 0.460 e. The van der Waals surface area contributed by atoms with E-state index in [4.69, 9.17) is 0 Å². The van der Waals surface area contributed by atoms with E-state index in [1.54, 1.807) is 0 Å². The van der Waals surface area contributed by atoms with Crippen LogP contribution >= 0.6 is 0 Å². The number of anilines is 1. The lowest BCUT2D eigenvalue weighted by atomic mass is 9.94. The lowest BCUT2D eigenvalue weighted by Crippen LogP contribution is -2.66. The summed E-state index contributed by atoms with van der Waals surface area (Å²) in [6.07, 6.45) is -7.09. The maximum atomic E-state index is 14.0. The molecule has 0 spiro atoms. The van der Waals surface area contributed by atoms with E-state index in [1.807, 2.05) is 0 Å². The zero-order chi connectivity index (χ0) is 21.0. The Bertz CT molecular complexity index is 743. The third-order valence-corrected chi connectivity index (χ3v) is 4.21. The number of rotatable bonds is 3. The molecule has 1 aromatic rings. The van der Waals surface area contributed by atoms with Crippen LogP contribution in [0.4, 0.5) is 49.6 Å². The van der Waals surface area contributed by atoms with Crippen molar-refractivity contribution in [3.63, 3.8) is 0 Å². The predicted octanol–water partition coefficient (Wildman–Crippen LogP) is 4.96. The van der Waals surface area contributed by atoms with Crippen LogP contribution in [0, 0.1) is 5.82 Å². The molecule has 1 amide bonds. The molecule has 0 unspecified atom stereocenters. The molecular weight excluding hydrogens is 400 g/mol. The van der Waals surface area contributed by atoms with Crippen LogP contribution in [0.1, 0.15) is 18.9 Å². The molecule has 27 heavy (non-hydrogen) atoms. The first kappa shape index (κ1) is 21.3. The van der Waals surface area contributed by atoms with Crippen molar-refractivity contribution >= 4 is 11.6 Å². The summed E-state index contributed by atoms with van der Waals surface area (Å²) in [6, 6.07) is 1.09. The van der Waals surface area contributed by atoms with Crippen LogP contribution in [0.5, 0.6) is 0 Å². The molecule has 0 N–H and O–H groups in total. The number of amides is 1. The van der Waals surface area contributed by atoms with Gasteiger partial charge < -0.3 is 4.90 Å². The van der Waals surface area contributed by atoms with Gasteiger partial charge in [-0.25, -0.2) is 4.39 Å². The summed E-state index contributed by atoms with van der Waals surface area (Å²) in [6.45, 7) is 1.11. The number of benzene rings is 1. The van der Waals surface area contributed by atoms with Crippen molar-refractivity contribution < 1.29 is 48.7 Å². The van der Waals surface area contributed by atoms with Crippen molar-refractivity contribution in [1.29, 1.82) is 0 Å². The summed E-state index contributed by atoms with van der Waals surface area (Å²) in [5.41, 5.74) is -0.519. The molecule has 0 bridgehead atoms. The molecule has 0 radical (unpaired) electrons. The summed E-state index contributed by atoms with van der Waals surface area (Å²) < 4.78 is 131. The molecule has 2 rings (SSSR count). The monoisotopic (exact) mass is 411 g/mol. The van der Waals surface area contributed by atoms with Crippen LogP contribution in [-0.4, -0.2) is 35.9 Å². The Morgan fingerprint density at radius 3 is 2.07 bits per heavy atom. The second kappa shape index (κ2) is 6.26. The van der Waals surface area contributed by atoms with Crippen LogP contribution < -0.4 is 4.90 Å².